The Labute approximate surface area is 517 Å². The van der Waals surface area contributed by atoms with Gasteiger partial charge in [-0.05, 0) is 120 Å². The van der Waals surface area contributed by atoms with Gasteiger partial charge in [-0.3, -0.25) is 24.2 Å². The lowest BCUT2D eigenvalue weighted by Gasteiger charge is -2.63. The number of H-pyrrole nitrogens is 1. The van der Waals surface area contributed by atoms with E-state index in [4.69, 9.17) is 28.4 Å². The Morgan fingerprint density at radius 3 is 2.35 bits per heavy atom. The third-order valence-corrected chi connectivity index (χ3v) is 19.6. The maximum Gasteiger partial charge on any atom is 0.407 e. The number of esters is 2. The molecule has 1 saturated carbocycles. The molecule has 6 aliphatic rings. The highest BCUT2D eigenvalue weighted by Crippen LogP contribution is 2.68. The third-order valence-electron chi connectivity index (χ3n) is 19.6. The Morgan fingerprint density at radius 1 is 0.920 bits per heavy atom. The molecule has 3 amide bonds. The number of rotatable bonds is 22. The van der Waals surface area contributed by atoms with E-state index in [1.807, 2.05) is 104 Å². The number of hydrogen-bond acceptors (Lipinski definition) is 18. The smallest absolute Gasteiger partial charge is 0.407 e. The number of hydrogen-bond donors (Lipinski definition) is 8. The van der Waals surface area contributed by atoms with E-state index in [0.29, 0.717) is 93.9 Å². The fourth-order valence-electron chi connectivity index (χ4n) is 16.1. The Hall–Kier alpha value is -5.85. The number of amides is 3. The normalized spacial score (nSPS) is 30.0. The molecule has 0 radical (unpaired) electrons. The number of piperidine rings is 1. The first-order valence-corrected chi connectivity index (χ1v) is 31.6. The molecule has 22 heteroatoms. The first-order chi connectivity index (χ1) is 41.6. The van der Waals surface area contributed by atoms with E-state index in [2.05, 4.69) is 42.9 Å². The number of aromatic amines is 1. The number of aliphatic hydroxyl groups is 4. The third kappa shape index (κ3) is 12.4. The van der Waals surface area contributed by atoms with Gasteiger partial charge in [-0.25, -0.2) is 9.59 Å². The zero-order valence-electron chi connectivity index (χ0n) is 53.7. The summed E-state index contributed by atoms with van der Waals surface area (Å²) in [5.41, 5.74) is -3.17. The van der Waals surface area contributed by atoms with Crippen molar-refractivity contribution in [1.29, 1.82) is 0 Å². The number of anilines is 1. The van der Waals surface area contributed by atoms with Crippen molar-refractivity contribution in [3.05, 3.63) is 70.9 Å². The van der Waals surface area contributed by atoms with Crippen LogP contribution in [0.15, 0.2) is 48.6 Å². The number of fused-ring (bicyclic) bond motifs is 6. The van der Waals surface area contributed by atoms with Crippen molar-refractivity contribution >= 4 is 46.4 Å². The molecule has 22 nitrogen and oxygen atoms in total. The highest BCUT2D eigenvalue weighted by molar-refractivity contribution is 5.95. The topological polar surface area (TPSA) is 283 Å². The lowest BCUT2D eigenvalue weighted by molar-refractivity contribution is -0.236. The number of nitrogens with one attached hydrogen (secondary N) is 4. The number of carbonyl (C=O) groups excluding carboxylic acids is 5. The molecule has 13 atom stereocenters. The molecule has 6 heterocycles. The standard InChI is InChI=1S/C66H97N7O15/c1-13-62(81)33-41-34-65(58(79)84-12,52-44(22-28-72(36-41)39-62)43-19-15-16-20-47(43)70-52)46-31-45-48(32-49(46)83-11)71(10)55-64(45)24-29-73-27-17-23-63(14-2,54(64)73)56(77)66(55,82)57(78)67-25-18-30-85-53(76)40(3)69-50(75)21-26-68-59(80)86-38-51(88-61(7,8)9)87-42(37-74)35-60(4,5)6/h15-17,19-20,23,31-32,40-42,51,54-56,70,74,77,81-82H,13-14,18,21-22,24-30,33-39H2,1-12H3,(H,67,78)(H,68,80)(H,69,75)/t40?,41?,42?,51?,54?,55?,56-,62?,63-,64?,65?,66+/m1/s1. The van der Waals surface area contributed by atoms with Gasteiger partial charge in [0, 0.05) is 104 Å². The number of methoxy groups -OCH3 is 2. The van der Waals surface area contributed by atoms with Gasteiger partial charge in [-0.1, -0.05) is 65.0 Å². The number of alkyl carbamates (subject to hydrolysis) is 1. The highest BCUT2D eigenvalue weighted by Gasteiger charge is 2.79. The predicted octanol–water partition coefficient (Wildman–Crippen LogP) is 4.87. The average molecular weight is 1230 g/mol. The van der Waals surface area contributed by atoms with Crippen LogP contribution >= 0.6 is 0 Å². The van der Waals surface area contributed by atoms with Gasteiger partial charge in [0.25, 0.3) is 5.91 Å². The molecule has 2 saturated heterocycles. The van der Waals surface area contributed by atoms with Crippen LogP contribution in [0.1, 0.15) is 136 Å². The first-order valence-electron chi connectivity index (χ1n) is 31.6. The molecule has 3 fully saturated rings. The number of benzene rings is 2. The largest absolute Gasteiger partial charge is 0.496 e. The van der Waals surface area contributed by atoms with Crippen LogP contribution in [0.4, 0.5) is 10.5 Å². The predicted molar refractivity (Wildman–Crippen MR) is 330 cm³/mol. The molecule has 486 valence electrons. The van der Waals surface area contributed by atoms with Crippen molar-refractivity contribution in [2.75, 3.05) is 91.8 Å². The molecule has 1 spiro atoms. The number of para-hydroxylation sites is 1. The van der Waals surface area contributed by atoms with Crippen LogP contribution in [0, 0.1) is 16.7 Å². The molecule has 2 bridgehead atoms. The van der Waals surface area contributed by atoms with Crippen LogP contribution in [-0.2, 0) is 60.1 Å². The number of likely N-dealkylation sites (N-methyl/N-ethyl adjacent to an activating group) is 1. The molecular formula is C66H97N7O15. The van der Waals surface area contributed by atoms with Gasteiger partial charge in [0.05, 0.1) is 50.8 Å². The van der Waals surface area contributed by atoms with Gasteiger partial charge in [-0.15, -0.1) is 0 Å². The second-order valence-electron chi connectivity index (χ2n) is 27.8. The molecule has 9 rings (SSSR count). The Morgan fingerprint density at radius 2 is 1.67 bits per heavy atom. The maximum absolute atomic E-state index is 15.6. The van der Waals surface area contributed by atoms with Crippen LogP contribution in [0.25, 0.3) is 10.9 Å². The van der Waals surface area contributed by atoms with Crippen molar-refractivity contribution in [2.45, 2.75) is 184 Å². The molecular weight excluding hydrogens is 1130 g/mol. The monoisotopic (exact) mass is 1230 g/mol. The van der Waals surface area contributed by atoms with Crippen LogP contribution in [0.3, 0.4) is 0 Å². The van der Waals surface area contributed by atoms with Crippen molar-refractivity contribution in [3.8, 4) is 5.75 Å². The van der Waals surface area contributed by atoms with Gasteiger partial charge in [0.1, 0.15) is 29.9 Å². The van der Waals surface area contributed by atoms with Gasteiger partial charge < -0.3 is 74.7 Å². The maximum atomic E-state index is 15.6. The molecule has 8 N–H and O–H groups in total. The van der Waals surface area contributed by atoms with E-state index >= 15 is 9.59 Å². The summed E-state index contributed by atoms with van der Waals surface area (Å²) in [6.07, 6.45) is 3.34. The molecule has 88 heavy (non-hydrogen) atoms. The van der Waals surface area contributed by atoms with Crippen molar-refractivity contribution in [3.63, 3.8) is 0 Å². The summed E-state index contributed by atoms with van der Waals surface area (Å²) < 4.78 is 35.2. The fourth-order valence-corrected chi connectivity index (χ4v) is 16.1. The molecule has 10 unspecified atom stereocenters. The van der Waals surface area contributed by atoms with Crippen molar-refractivity contribution in [1.82, 2.24) is 30.7 Å². The minimum Gasteiger partial charge on any atom is -0.496 e. The minimum absolute atomic E-state index is 0.0447. The van der Waals surface area contributed by atoms with Crippen LogP contribution in [0.5, 0.6) is 5.75 Å². The zero-order valence-corrected chi connectivity index (χ0v) is 53.7. The van der Waals surface area contributed by atoms with Crippen molar-refractivity contribution < 1.29 is 72.8 Å². The molecule has 5 aliphatic heterocycles. The van der Waals surface area contributed by atoms with Gasteiger partial charge in [0.15, 0.2) is 11.9 Å². The summed E-state index contributed by atoms with van der Waals surface area (Å²) in [5.74, 6) is -2.29. The SMILES string of the molecule is CCC1(O)CC2CN(CCc3c([nH]c4ccccc34)C(C(=O)OC)(c3cc4c(cc3OC)N(C)C3C45CCN4CC=C[C@](CC)(C45)[C@@H](O)[C@]3(O)C(=O)NCCCOC(=O)C(C)NC(=O)CCNC(=O)OCC(OC(CO)CC(C)(C)C)OC(C)(C)C)C2)C1. The highest BCUT2D eigenvalue weighted by atomic mass is 16.7. The minimum atomic E-state index is -2.43. The van der Waals surface area contributed by atoms with Crippen LogP contribution in [0.2, 0.25) is 0 Å². The number of ether oxygens (including phenoxy) is 6. The Bertz CT molecular complexity index is 3090. The summed E-state index contributed by atoms with van der Waals surface area (Å²) in [5, 5.41) is 57.7. The van der Waals surface area contributed by atoms with E-state index in [0.717, 1.165) is 22.0 Å². The van der Waals surface area contributed by atoms with E-state index in [1.165, 1.54) is 14.0 Å². The number of nitrogens with zero attached hydrogens (tertiary/aromatic N) is 3. The van der Waals surface area contributed by atoms with Gasteiger partial charge in [0.2, 0.25) is 5.91 Å². The second-order valence-corrected chi connectivity index (χ2v) is 27.8. The summed E-state index contributed by atoms with van der Waals surface area (Å²) in [7, 11) is 4.82. The Kier molecular flexibility index (Phi) is 19.5. The lowest BCUT2D eigenvalue weighted by Crippen LogP contribution is -2.81. The van der Waals surface area contributed by atoms with E-state index in [9.17, 15) is 34.8 Å². The lowest BCUT2D eigenvalue weighted by atomic mass is 9.47. The van der Waals surface area contributed by atoms with Crippen molar-refractivity contribution in [2.24, 2.45) is 16.7 Å². The van der Waals surface area contributed by atoms with E-state index in [1.54, 1.807) is 7.11 Å². The molecule has 1 aliphatic carbocycles. The molecule has 3 aromatic rings. The Balaban J connectivity index is 0.914. The summed E-state index contributed by atoms with van der Waals surface area (Å²) >= 11 is 0. The van der Waals surface area contributed by atoms with Crippen LogP contribution < -0.4 is 25.6 Å². The summed E-state index contributed by atoms with van der Waals surface area (Å²) in [4.78, 5) is 79.8. The summed E-state index contributed by atoms with van der Waals surface area (Å²) in [6.45, 7) is 19.2. The number of aromatic nitrogens is 1. The molecule has 2 aromatic carbocycles. The summed E-state index contributed by atoms with van der Waals surface area (Å²) in [6, 6.07) is 9.57. The quantitative estimate of drug-likeness (QED) is 0.0219. The second kappa shape index (κ2) is 25.8. The number of carbonyl (C=O) groups is 5. The van der Waals surface area contributed by atoms with Crippen LogP contribution in [-0.4, -0.2) is 205 Å². The fraction of sp³-hybridized carbons (Fsp3) is 0.682. The van der Waals surface area contributed by atoms with Gasteiger partial charge >= 0.3 is 18.0 Å². The first kappa shape index (κ1) is 66.6. The van der Waals surface area contributed by atoms with Gasteiger partial charge in [-0.2, -0.15) is 0 Å². The van der Waals surface area contributed by atoms with E-state index < -0.39 is 99.5 Å². The average Bonchev–Trinajstić information content (AvgIpc) is 1.44. The number of aliphatic hydroxyl groups excluding tert-OH is 2. The van der Waals surface area contributed by atoms with E-state index in [-0.39, 0.29) is 63.5 Å². The zero-order chi connectivity index (χ0) is 63.9. The molecule has 1 aromatic heterocycles.